The molecule has 0 aliphatic carbocycles. The van der Waals surface area contributed by atoms with Gasteiger partial charge in [-0.2, -0.15) is 0 Å². The highest BCUT2D eigenvalue weighted by Gasteiger charge is 2.02. The Morgan fingerprint density at radius 2 is 2.45 bits per heavy atom. The van der Waals surface area contributed by atoms with Crippen LogP contribution in [0, 0.1) is 12.3 Å². The smallest absolute Gasteiger partial charge is 0.305 e. The molecular formula is C8H12O3. The first kappa shape index (κ1) is 9.99. The molecule has 0 saturated heterocycles. The third kappa shape index (κ3) is 5.43. The Balaban J connectivity index is 3.29. The molecular weight excluding hydrogens is 144 g/mol. The zero-order valence-electron chi connectivity index (χ0n) is 6.54. The molecule has 0 heterocycles. The quantitative estimate of drug-likeness (QED) is 0.471. The van der Waals surface area contributed by atoms with Gasteiger partial charge in [0, 0.05) is 6.42 Å². The molecule has 0 aromatic rings. The molecule has 1 N–H and O–H groups in total. The van der Waals surface area contributed by atoms with Crippen LogP contribution in [0.1, 0.15) is 19.3 Å². The summed E-state index contributed by atoms with van der Waals surface area (Å²) in [7, 11) is 1.33. The number of aliphatic hydroxyl groups excluding tert-OH is 1. The van der Waals surface area contributed by atoms with Crippen molar-refractivity contribution in [2.45, 2.75) is 25.4 Å². The summed E-state index contributed by atoms with van der Waals surface area (Å²) < 4.78 is 4.39. The Labute approximate surface area is 66.4 Å². The Kier molecular flexibility index (Phi) is 5.22. The van der Waals surface area contributed by atoms with Gasteiger partial charge in [-0.1, -0.05) is 5.92 Å². The summed E-state index contributed by atoms with van der Waals surface area (Å²) in [6.45, 7) is 0. The fourth-order valence-electron chi connectivity index (χ4n) is 0.625. The minimum Gasteiger partial charge on any atom is -0.469 e. The van der Waals surface area contributed by atoms with Crippen LogP contribution in [0.25, 0.3) is 0 Å². The highest BCUT2D eigenvalue weighted by Crippen LogP contribution is 2.00. The summed E-state index contributed by atoms with van der Waals surface area (Å²) in [5.74, 6) is 1.89. The predicted octanol–water partition coefficient (Wildman–Crippen LogP) is 0.324. The van der Waals surface area contributed by atoms with Gasteiger partial charge in [0.1, 0.15) is 6.10 Å². The minimum atomic E-state index is -0.736. The molecule has 62 valence electrons. The molecule has 0 aromatic carbocycles. The van der Waals surface area contributed by atoms with E-state index in [9.17, 15) is 4.79 Å². The molecule has 0 aliphatic rings. The van der Waals surface area contributed by atoms with Crippen molar-refractivity contribution in [1.29, 1.82) is 0 Å². The van der Waals surface area contributed by atoms with E-state index < -0.39 is 6.10 Å². The number of esters is 1. The monoisotopic (exact) mass is 156 g/mol. The molecule has 0 spiro atoms. The van der Waals surface area contributed by atoms with E-state index in [0.29, 0.717) is 19.3 Å². The van der Waals surface area contributed by atoms with Crippen molar-refractivity contribution < 1.29 is 14.6 Å². The van der Waals surface area contributed by atoms with E-state index in [1.54, 1.807) is 0 Å². The molecule has 1 atom stereocenters. The van der Waals surface area contributed by atoms with Crippen LogP contribution in [0.15, 0.2) is 0 Å². The maximum absolute atomic E-state index is 10.5. The molecule has 0 unspecified atom stereocenters. The first-order valence-corrected chi connectivity index (χ1v) is 3.41. The Hall–Kier alpha value is -1.01. The second-order valence-corrected chi connectivity index (χ2v) is 2.15. The van der Waals surface area contributed by atoms with Gasteiger partial charge in [-0.05, 0) is 12.8 Å². The SMILES string of the molecule is C#C[C@@H](O)CCCC(=O)OC. The number of aliphatic hydroxyl groups is 1. The van der Waals surface area contributed by atoms with Crippen molar-refractivity contribution in [3.63, 3.8) is 0 Å². The second-order valence-electron chi connectivity index (χ2n) is 2.15. The number of methoxy groups -OCH3 is 1. The lowest BCUT2D eigenvalue weighted by Crippen LogP contribution is -2.05. The molecule has 3 nitrogen and oxygen atoms in total. The zero-order chi connectivity index (χ0) is 8.69. The van der Waals surface area contributed by atoms with E-state index in [0.717, 1.165) is 0 Å². The van der Waals surface area contributed by atoms with Crippen molar-refractivity contribution in [2.24, 2.45) is 0 Å². The molecule has 0 rings (SSSR count). The van der Waals surface area contributed by atoms with Gasteiger partial charge in [0.05, 0.1) is 7.11 Å². The molecule has 0 bridgehead atoms. The van der Waals surface area contributed by atoms with Crippen LogP contribution in [-0.2, 0) is 9.53 Å². The van der Waals surface area contributed by atoms with Crippen LogP contribution in [-0.4, -0.2) is 24.3 Å². The van der Waals surface area contributed by atoms with Crippen molar-refractivity contribution in [3.8, 4) is 12.3 Å². The van der Waals surface area contributed by atoms with Crippen LogP contribution in [0.4, 0.5) is 0 Å². The van der Waals surface area contributed by atoms with Gasteiger partial charge >= 0.3 is 5.97 Å². The van der Waals surface area contributed by atoms with E-state index in [2.05, 4.69) is 10.7 Å². The normalized spacial score (nSPS) is 11.7. The van der Waals surface area contributed by atoms with Gasteiger partial charge in [0.15, 0.2) is 0 Å². The lowest BCUT2D eigenvalue weighted by Gasteiger charge is -2.01. The summed E-state index contributed by atoms with van der Waals surface area (Å²) in [4.78, 5) is 10.5. The number of terminal acetylenes is 1. The summed E-state index contributed by atoms with van der Waals surface area (Å²) in [6.07, 6.45) is 5.50. The Morgan fingerprint density at radius 1 is 1.82 bits per heavy atom. The van der Waals surface area contributed by atoms with Gasteiger partial charge in [0.2, 0.25) is 0 Å². The summed E-state index contributed by atoms with van der Waals surface area (Å²) >= 11 is 0. The standard InChI is InChI=1S/C8H12O3/c1-3-7(9)5-4-6-8(10)11-2/h1,7,9H,4-6H2,2H3/t7-/m1/s1. The van der Waals surface area contributed by atoms with E-state index in [4.69, 9.17) is 11.5 Å². The van der Waals surface area contributed by atoms with E-state index in [-0.39, 0.29) is 5.97 Å². The lowest BCUT2D eigenvalue weighted by molar-refractivity contribution is -0.140. The zero-order valence-corrected chi connectivity index (χ0v) is 6.54. The largest absolute Gasteiger partial charge is 0.469 e. The van der Waals surface area contributed by atoms with E-state index in [1.165, 1.54) is 7.11 Å². The third-order valence-corrected chi connectivity index (χ3v) is 1.28. The first-order valence-electron chi connectivity index (χ1n) is 3.41. The fraction of sp³-hybridized carbons (Fsp3) is 0.625. The maximum Gasteiger partial charge on any atom is 0.305 e. The molecule has 0 aliphatic heterocycles. The van der Waals surface area contributed by atoms with E-state index >= 15 is 0 Å². The van der Waals surface area contributed by atoms with Crippen LogP contribution in [0.3, 0.4) is 0 Å². The molecule has 0 saturated carbocycles. The van der Waals surface area contributed by atoms with Crippen molar-refractivity contribution in [1.82, 2.24) is 0 Å². The highest BCUT2D eigenvalue weighted by atomic mass is 16.5. The molecule has 0 aromatic heterocycles. The molecule has 0 radical (unpaired) electrons. The molecule has 0 fully saturated rings. The number of carbonyl (C=O) groups excluding carboxylic acids is 1. The summed E-state index contributed by atoms with van der Waals surface area (Å²) in [5, 5.41) is 8.86. The number of hydrogen-bond donors (Lipinski definition) is 1. The van der Waals surface area contributed by atoms with Crippen LogP contribution >= 0.6 is 0 Å². The number of rotatable bonds is 4. The van der Waals surface area contributed by atoms with Crippen molar-refractivity contribution >= 4 is 5.97 Å². The number of carbonyl (C=O) groups is 1. The molecule has 11 heavy (non-hydrogen) atoms. The molecule has 0 amide bonds. The second kappa shape index (κ2) is 5.75. The number of ether oxygens (including phenoxy) is 1. The van der Waals surface area contributed by atoms with Crippen molar-refractivity contribution in [2.75, 3.05) is 7.11 Å². The van der Waals surface area contributed by atoms with Crippen LogP contribution in [0.2, 0.25) is 0 Å². The van der Waals surface area contributed by atoms with Gasteiger partial charge < -0.3 is 9.84 Å². The Morgan fingerprint density at radius 3 is 2.91 bits per heavy atom. The maximum atomic E-state index is 10.5. The van der Waals surface area contributed by atoms with E-state index in [1.807, 2.05) is 0 Å². The average molecular weight is 156 g/mol. The lowest BCUT2D eigenvalue weighted by atomic mass is 10.1. The van der Waals surface area contributed by atoms with Crippen molar-refractivity contribution in [3.05, 3.63) is 0 Å². The van der Waals surface area contributed by atoms with Gasteiger partial charge in [-0.15, -0.1) is 6.42 Å². The summed E-state index contributed by atoms with van der Waals surface area (Å²) in [6, 6.07) is 0. The van der Waals surface area contributed by atoms with Gasteiger partial charge in [0.25, 0.3) is 0 Å². The fourth-order valence-corrected chi connectivity index (χ4v) is 0.625. The van der Waals surface area contributed by atoms with Gasteiger partial charge in [-0.25, -0.2) is 0 Å². The molecule has 3 heteroatoms. The summed E-state index contributed by atoms with van der Waals surface area (Å²) in [5.41, 5.74) is 0. The highest BCUT2D eigenvalue weighted by molar-refractivity contribution is 5.68. The predicted molar refractivity (Wildman–Crippen MR) is 40.7 cm³/mol. The van der Waals surface area contributed by atoms with Gasteiger partial charge in [-0.3, -0.25) is 4.79 Å². The average Bonchev–Trinajstić information content (AvgIpc) is 2.04. The first-order chi connectivity index (χ1) is 5.20. The Bertz CT molecular complexity index is 157. The topological polar surface area (TPSA) is 46.5 Å². The van der Waals surface area contributed by atoms with Crippen LogP contribution in [0.5, 0.6) is 0 Å². The number of hydrogen-bond acceptors (Lipinski definition) is 3. The minimum absolute atomic E-state index is 0.269. The van der Waals surface area contributed by atoms with Crippen LogP contribution < -0.4 is 0 Å². The third-order valence-electron chi connectivity index (χ3n) is 1.28.